The van der Waals surface area contributed by atoms with Crippen molar-refractivity contribution < 1.29 is 24.0 Å². The fourth-order valence-electron chi connectivity index (χ4n) is 6.21. The monoisotopic (exact) mass is 742 g/mol. The van der Waals surface area contributed by atoms with Gasteiger partial charge in [0.2, 0.25) is 29.5 Å². The van der Waals surface area contributed by atoms with Gasteiger partial charge in [0.25, 0.3) is 0 Å². The number of amides is 5. The molecule has 0 saturated carbocycles. The smallest absolute Gasteiger partial charge is 0.243 e. The average molecular weight is 743 g/mol. The van der Waals surface area contributed by atoms with Crippen LogP contribution < -0.4 is 38.5 Å². The number of benzene rings is 2. The van der Waals surface area contributed by atoms with Crippen LogP contribution in [0.3, 0.4) is 0 Å². The van der Waals surface area contributed by atoms with Gasteiger partial charge in [-0.1, -0.05) is 69.3 Å². The van der Waals surface area contributed by atoms with Gasteiger partial charge in [0.05, 0.1) is 12.4 Å². The average Bonchev–Trinajstić information content (AvgIpc) is 3.80. The quantitative estimate of drug-likeness (QED) is 0.0594. The first-order valence-corrected chi connectivity index (χ1v) is 18.3. The summed E-state index contributed by atoms with van der Waals surface area (Å²) in [7, 11) is 0. The Morgan fingerprint density at radius 2 is 1.35 bits per heavy atom. The molecule has 54 heavy (non-hydrogen) atoms. The number of nitrogens with one attached hydrogen (secondary N) is 6. The first-order chi connectivity index (χ1) is 25.7. The van der Waals surface area contributed by atoms with Crippen molar-refractivity contribution in [3.05, 3.63) is 90.1 Å². The third kappa shape index (κ3) is 12.6. The number of aromatic nitrogens is 3. The number of carbonyl (C=O) groups is 5. The lowest BCUT2D eigenvalue weighted by Crippen LogP contribution is -2.60. The van der Waals surface area contributed by atoms with E-state index in [9.17, 15) is 24.0 Å². The summed E-state index contributed by atoms with van der Waals surface area (Å²) in [4.78, 5) is 78.0. The molecule has 5 amide bonds. The zero-order chi connectivity index (χ0) is 39.3. The lowest BCUT2D eigenvalue weighted by atomic mass is 9.87. The van der Waals surface area contributed by atoms with E-state index in [4.69, 9.17) is 17.2 Å². The molecular weight excluding hydrogens is 688 g/mol. The van der Waals surface area contributed by atoms with Crippen molar-refractivity contribution in [1.29, 1.82) is 0 Å². The summed E-state index contributed by atoms with van der Waals surface area (Å²) < 4.78 is 0. The summed E-state index contributed by atoms with van der Waals surface area (Å²) in [5.41, 5.74) is 20.1. The highest BCUT2D eigenvalue weighted by atomic mass is 16.2. The second-order valence-electron chi connectivity index (χ2n) is 14.8. The second kappa shape index (κ2) is 19.5. The highest BCUT2D eigenvalue weighted by molar-refractivity contribution is 5.96. The molecule has 0 bridgehead atoms. The Bertz CT molecular complexity index is 1840. The molecule has 290 valence electrons. The van der Waals surface area contributed by atoms with Crippen LogP contribution in [-0.4, -0.2) is 81.2 Å². The number of para-hydroxylation sites is 1. The highest BCUT2D eigenvalue weighted by Crippen LogP contribution is 2.22. The van der Waals surface area contributed by atoms with Gasteiger partial charge >= 0.3 is 0 Å². The van der Waals surface area contributed by atoms with E-state index < -0.39 is 65.2 Å². The Morgan fingerprint density at radius 1 is 0.741 bits per heavy atom. The summed E-state index contributed by atoms with van der Waals surface area (Å²) in [6, 6.07) is 11.4. The molecule has 4 aromatic rings. The summed E-state index contributed by atoms with van der Waals surface area (Å²) in [6.07, 6.45) is 6.89. The lowest BCUT2D eigenvalue weighted by molar-refractivity contribution is -0.134. The van der Waals surface area contributed by atoms with Crippen molar-refractivity contribution in [2.24, 2.45) is 22.6 Å². The molecule has 0 radical (unpaired) electrons. The number of aromatic amines is 2. The Balaban J connectivity index is 1.62. The predicted molar refractivity (Wildman–Crippen MR) is 206 cm³/mol. The minimum atomic E-state index is -1.18. The predicted octanol–water partition coefficient (Wildman–Crippen LogP) is 1.24. The molecule has 4 rings (SSSR count). The van der Waals surface area contributed by atoms with E-state index in [1.54, 1.807) is 12.4 Å². The molecule has 2 aromatic heterocycles. The van der Waals surface area contributed by atoms with Gasteiger partial charge in [-0.2, -0.15) is 0 Å². The molecule has 2 heterocycles. The molecule has 0 unspecified atom stereocenters. The van der Waals surface area contributed by atoms with Gasteiger partial charge in [0.1, 0.15) is 24.2 Å². The number of rotatable bonds is 20. The van der Waals surface area contributed by atoms with Crippen molar-refractivity contribution in [2.75, 3.05) is 6.54 Å². The Labute approximate surface area is 315 Å². The van der Waals surface area contributed by atoms with E-state index in [-0.39, 0.29) is 32.1 Å². The molecule has 12 N–H and O–H groups in total. The molecule has 0 spiro atoms. The number of unbranched alkanes of at least 4 members (excludes halogenated alkanes) is 1. The minimum absolute atomic E-state index is 0.0553. The van der Waals surface area contributed by atoms with Crippen molar-refractivity contribution in [2.45, 2.75) is 95.9 Å². The maximum Gasteiger partial charge on any atom is 0.243 e. The molecule has 0 aliphatic heterocycles. The molecular formula is C39H54N10O5. The van der Waals surface area contributed by atoms with E-state index >= 15 is 0 Å². The number of imidazole rings is 1. The van der Waals surface area contributed by atoms with Crippen molar-refractivity contribution in [3.63, 3.8) is 0 Å². The Hall–Kier alpha value is -5.54. The van der Waals surface area contributed by atoms with Crippen LogP contribution in [0.15, 0.2) is 73.3 Å². The molecule has 0 saturated heterocycles. The molecule has 0 aliphatic rings. The van der Waals surface area contributed by atoms with Gasteiger partial charge in [-0.3, -0.25) is 24.0 Å². The van der Waals surface area contributed by atoms with E-state index in [0.29, 0.717) is 25.1 Å². The van der Waals surface area contributed by atoms with Crippen LogP contribution in [0.25, 0.3) is 10.9 Å². The number of hydrogen-bond acceptors (Lipinski definition) is 8. The largest absolute Gasteiger partial charge is 0.368 e. The Morgan fingerprint density at radius 3 is 1.98 bits per heavy atom. The van der Waals surface area contributed by atoms with Crippen LogP contribution in [0.5, 0.6) is 0 Å². The van der Waals surface area contributed by atoms with Crippen LogP contribution >= 0.6 is 0 Å². The molecule has 0 aliphatic carbocycles. The summed E-state index contributed by atoms with van der Waals surface area (Å²) in [6.45, 7) is 6.22. The zero-order valence-electron chi connectivity index (χ0n) is 31.2. The SMILES string of the molecule is CC(C)(C)C[C@@H](NC(=O)[C@@H](N)Cc1cnc[nH]1)C(=O)N[C@@H](Cc1c[nH]c2ccccc12)C(=O)N[C@H](Cc1ccccc1)C(=O)N[C@@H](CCCCN)C(N)=O. The van der Waals surface area contributed by atoms with Gasteiger partial charge in [0.15, 0.2) is 0 Å². The molecule has 15 nitrogen and oxygen atoms in total. The molecule has 2 aromatic carbocycles. The summed E-state index contributed by atoms with van der Waals surface area (Å²) >= 11 is 0. The number of primary amides is 1. The lowest BCUT2D eigenvalue weighted by Gasteiger charge is -2.29. The topological polar surface area (TPSA) is 256 Å². The number of carbonyl (C=O) groups excluding carboxylic acids is 5. The van der Waals surface area contributed by atoms with Crippen molar-refractivity contribution in [3.8, 4) is 0 Å². The standard InChI is InChI=1S/C39H54N10O5/c1-39(2,3)20-33(49-35(51)28(41)19-26-22-43-23-45-26)38(54)48-32(18-25-21-44-29-14-8-7-13-27(25)29)37(53)47-31(17-24-11-5-4-6-12-24)36(52)46-30(34(42)50)15-9-10-16-40/h4-8,11-14,21-23,28,30-33,44H,9-10,15-20,40-41H2,1-3H3,(H2,42,50)(H,43,45)(H,46,52)(H,47,53)(H,48,54)(H,49,51)/t28-,30-,31+,32-,33+/m0/s1. The van der Waals surface area contributed by atoms with Crippen LogP contribution in [-0.2, 0) is 43.2 Å². The third-order valence-electron chi connectivity index (χ3n) is 9.04. The number of fused-ring (bicyclic) bond motifs is 1. The van der Waals surface area contributed by atoms with Gasteiger partial charge in [-0.05, 0) is 54.8 Å². The first kappa shape index (κ1) is 41.2. The van der Waals surface area contributed by atoms with Crippen LogP contribution in [0.2, 0.25) is 0 Å². The van der Waals surface area contributed by atoms with Crippen LogP contribution in [0.4, 0.5) is 0 Å². The van der Waals surface area contributed by atoms with E-state index in [2.05, 4.69) is 36.2 Å². The van der Waals surface area contributed by atoms with Crippen LogP contribution in [0, 0.1) is 5.41 Å². The second-order valence-corrected chi connectivity index (χ2v) is 14.8. The molecule has 5 atom stereocenters. The molecule has 0 fully saturated rings. The van der Waals surface area contributed by atoms with E-state index in [1.807, 2.05) is 75.4 Å². The van der Waals surface area contributed by atoms with Gasteiger partial charge in [-0.25, -0.2) is 4.98 Å². The number of H-pyrrole nitrogens is 2. The number of hydrogen-bond donors (Lipinski definition) is 9. The fourth-order valence-corrected chi connectivity index (χ4v) is 6.21. The minimum Gasteiger partial charge on any atom is -0.368 e. The first-order valence-electron chi connectivity index (χ1n) is 18.3. The van der Waals surface area contributed by atoms with E-state index in [1.165, 1.54) is 6.33 Å². The summed E-state index contributed by atoms with van der Waals surface area (Å²) in [5, 5.41) is 12.1. The van der Waals surface area contributed by atoms with E-state index in [0.717, 1.165) is 22.0 Å². The number of nitrogens with two attached hydrogens (primary N) is 3. The van der Waals surface area contributed by atoms with Gasteiger partial charge in [0, 0.05) is 48.3 Å². The highest BCUT2D eigenvalue weighted by Gasteiger charge is 2.34. The maximum atomic E-state index is 14.4. The third-order valence-corrected chi connectivity index (χ3v) is 9.04. The van der Waals surface area contributed by atoms with Crippen molar-refractivity contribution in [1.82, 2.24) is 36.2 Å². The fraction of sp³-hybridized carbons (Fsp3) is 0.436. The Kier molecular flexibility index (Phi) is 14.9. The van der Waals surface area contributed by atoms with Crippen molar-refractivity contribution >= 4 is 40.4 Å². The summed E-state index contributed by atoms with van der Waals surface area (Å²) in [5.74, 6) is -3.08. The number of nitrogens with zero attached hydrogens (tertiary/aromatic N) is 1. The van der Waals surface area contributed by atoms with Crippen LogP contribution in [0.1, 0.15) is 63.3 Å². The van der Waals surface area contributed by atoms with Gasteiger partial charge in [-0.15, -0.1) is 0 Å². The molecule has 15 heteroatoms. The zero-order valence-corrected chi connectivity index (χ0v) is 31.2. The maximum absolute atomic E-state index is 14.4. The van der Waals surface area contributed by atoms with Gasteiger partial charge < -0.3 is 48.4 Å². The normalized spacial score (nSPS) is 14.3.